The molecule has 1 N–H and O–H groups in total. The fourth-order valence-electron chi connectivity index (χ4n) is 3.37. The predicted molar refractivity (Wildman–Crippen MR) is 105 cm³/mol. The molecule has 0 fully saturated rings. The lowest BCUT2D eigenvalue weighted by molar-refractivity contribution is 0.0985. The van der Waals surface area contributed by atoms with Gasteiger partial charge in [-0.3, -0.25) is 9.78 Å². The van der Waals surface area contributed by atoms with E-state index in [0.29, 0.717) is 29.0 Å². The first-order chi connectivity index (χ1) is 13.3. The van der Waals surface area contributed by atoms with Crippen LogP contribution in [-0.2, 0) is 6.42 Å². The number of pyridine rings is 1. The highest BCUT2D eigenvalue weighted by molar-refractivity contribution is 6.07. The van der Waals surface area contributed by atoms with Gasteiger partial charge >= 0.3 is 0 Å². The highest BCUT2D eigenvalue weighted by Crippen LogP contribution is 2.28. The summed E-state index contributed by atoms with van der Waals surface area (Å²) in [5, 5.41) is 12.4. The number of carbonyl (C=O) groups excluding carboxylic acids is 1. The summed E-state index contributed by atoms with van der Waals surface area (Å²) in [5.74, 6) is -0.0631. The molecule has 1 aromatic heterocycles. The molecule has 2 aromatic carbocycles. The Kier molecular flexibility index (Phi) is 4.54. The summed E-state index contributed by atoms with van der Waals surface area (Å²) in [7, 11) is 0. The Morgan fingerprint density at radius 1 is 1.11 bits per heavy atom. The number of hydrogen-bond acceptors (Lipinski definition) is 4. The quantitative estimate of drug-likeness (QED) is 0.762. The Labute approximate surface area is 157 Å². The van der Waals surface area contributed by atoms with Gasteiger partial charge in [0.15, 0.2) is 0 Å². The van der Waals surface area contributed by atoms with Gasteiger partial charge in [-0.05, 0) is 42.7 Å². The van der Waals surface area contributed by atoms with E-state index in [2.05, 4.69) is 22.4 Å². The van der Waals surface area contributed by atoms with E-state index >= 15 is 0 Å². The molecule has 5 nitrogen and oxygen atoms in total. The van der Waals surface area contributed by atoms with Crippen LogP contribution < -0.4 is 10.2 Å². The molecule has 0 unspecified atom stereocenters. The van der Waals surface area contributed by atoms with Crippen LogP contribution in [0.25, 0.3) is 0 Å². The van der Waals surface area contributed by atoms with Crippen LogP contribution in [0.2, 0.25) is 0 Å². The normalized spacial score (nSPS) is 12.8. The minimum Gasteiger partial charge on any atom is -0.353 e. The Morgan fingerprint density at radius 3 is 2.81 bits per heavy atom. The van der Waals surface area contributed by atoms with E-state index in [1.807, 2.05) is 41.3 Å². The van der Waals surface area contributed by atoms with Gasteiger partial charge in [-0.25, -0.2) is 0 Å². The van der Waals surface area contributed by atoms with Crippen LogP contribution in [0.5, 0.6) is 0 Å². The van der Waals surface area contributed by atoms with E-state index in [9.17, 15) is 10.1 Å². The number of carbonyl (C=O) groups is 1. The van der Waals surface area contributed by atoms with Gasteiger partial charge in [0.05, 0.1) is 28.7 Å². The van der Waals surface area contributed by atoms with E-state index in [0.717, 1.165) is 18.5 Å². The first kappa shape index (κ1) is 16.8. The van der Waals surface area contributed by atoms with E-state index in [-0.39, 0.29) is 5.91 Å². The third-order valence-electron chi connectivity index (χ3n) is 4.67. The van der Waals surface area contributed by atoms with Crippen LogP contribution in [0.3, 0.4) is 0 Å². The van der Waals surface area contributed by atoms with Crippen molar-refractivity contribution in [1.29, 1.82) is 5.26 Å². The van der Waals surface area contributed by atoms with Gasteiger partial charge in [0, 0.05) is 18.4 Å². The molecule has 0 atom stereocenters. The van der Waals surface area contributed by atoms with Crippen molar-refractivity contribution in [1.82, 2.24) is 4.98 Å². The van der Waals surface area contributed by atoms with E-state index in [1.165, 1.54) is 5.56 Å². The number of benzene rings is 2. The summed E-state index contributed by atoms with van der Waals surface area (Å²) < 4.78 is 0. The highest BCUT2D eigenvalue weighted by atomic mass is 16.2. The number of fused-ring (bicyclic) bond motifs is 1. The fourth-order valence-corrected chi connectivity index (χ4v) is 3.37. The molecular weight excluding hydrogens is 336 g/mol. The third kappa shape index (κ3) is 3.38. The van der Waals surface area contributed by atoms with Crippen molar-refractivity contribution in [2.24, 2.45) is 0 Å². The lowest BCUT2D eigenvalue weighted by atomic mass is 10.0. The average molecular weight is 354 g/mol. The number of nitrogens with zero attached hydrogens (tertiary/aromatic N) is 3. The summed E-state index contributed by atoms with van der Waals surface area (Å²) in [5.41, 5.74) is 4.60. The van der Waals surface area contributed by atoms with Crippen molar-refractivity contribution < 1.29 is 4.79 Å². The maximum atomic E-state index is 13.1. The molecule has 2 heterocycles. The highest BCUT2D eigenvalue weighted by Gasteiger charge is 2.23. The van der Waals surface area contributed by atoms with Crippen LogP contribution >= 0.6 is 0 Å². The number of aromatic nitrogens is 1. The minimum absolute atomic E-state index is 0.0631. The zero-order chi connectivity index (χ0) is 18.6. The van der Waals surface area contributed by atoms with Crippen molar-refractivity contribution in [2.45, 2.75) is 12.8 Å². The standard InChI is InChI=1S/C22H18N4O/c23-13-17-7-1-3-9-20(17)25-19-12-18(14-24-15-19)22(27)26-11-5-8-16-6-2-4-10-21(16)26/h1-4,6-7,9-10,12,14-15,25H,5,8,11H2. The van der Waals surface area contributed by atoms with Crippen molar-refractivity contribution in [2.75, 3.05) is 16.8 Å². The molecule has 27 heavy (non-hydrogen) atoms. The number of amides is 1. The summed E-state index contributed by atoms with van der Waals surface area (Å²) >= 11 is 0. The van der Waals surface area contributed by atoms with Gasteiger partial charge < -0.3 is 10.2 Å². The molecule has 5 heteroatoms. The summed E-state index contributed by atoms with van der Waals surface area (Å²) in [6.07, 6.45) is 5.17. The average Bonchev–Trinajstić information content (AvgIpc) is 2.73. The Balaban J connectivity index is 1.62. The first-order valence-electron chi connectivity index (χ1n) is 8.87. The second-order valence-corrected chi connectivity index (χ2v) is 6.43. The van der Waals surface area contributed by atoms with Gasteiger partial charge in [0.1, 0.15) is 6.07 Å². The number of aryl methyl sites for hydroxylation is 1. The van der Waals surface area contributed by atoms with Crippen LogP contribution in [0.15, 0.2) is 67.0 Å². The van der Waals surface area contributed by atoms with E-state index in [1.54, 1.807) is 24.5 Å². The Bertz CT molecular complexity index is 1040. The number of hydrogen-bond donors (Lipinski definition) is 1. The maximum absolute atomic E-state index is 13.1. The molecule has 0 spiro atoms. The van der Waals surface area contributed by atoms with Crippen molar-refractivity contribution >= 4 is 23.0 Å². The first-order valence-corrected chi connectivity index (χ1v) is 8.87. The molecule has 4 rings (SSSR count). The van der Waals surface area contributed by atoms with Gasteiger partial charge in [-0.1, -0.05) is 30.3 Å². The zero-order valence-corrected chi connectivity index (χ0v) is 14.7. The molecule has 1 amide bonds. The molecule has 0 aliphatic carbocycles. The van der Waals surface area contributed by atoms with Gasteiger partial charge in [-0.15, -0.1) is 0 Å². The largest absolute Gasteiger partial charge is 0.353 e. The molecule has 1 aliphatic rings. The second kappa shape index (κ2) is 7.30. The van der Waals surface area contributed by atoms with Crippen molar-refractivity contribution in [3.8, 4) is 6.07 Å². The molecule has 0 saturated carbocycles. The fraction of sp³-hybridized carbons (Fsp3) is 0.136. The number of anilines is 3. The topological polar surface area (TPSA) is 69.0 Å². The second-order valence-electron chi connectivity index (χ2n) is 6.43. The number of para-hydroxylation sites is 2. The molecule has 0 saturated heterocycles. The molecular formula is C22H18N4O. The van der Waals surface area contributed by atoms with Crippen LogP contribution in [0.4, 0.5) is 17.1 Å². The van der Waals surface area contributed by atoms with Crippen LogP contribution in [0, 0.1) is 11.3 Å². The predicted octanol–water partition coefficient (Wildman–Crippen LogP) is 4.29. The third-order valence-corrected chi connectivity index (χ3v) is 4.67. The Morgan fingerprint density at radius 2 is 1.93 bits per heavy atom. The van der Waals surface area contributed by atoms with Gasteiger partial charge in [0.2, 0.25) is 0 Å². The maximum Gasteiger partial charge on any atom is 0.259 e. The number of nitriles is 1. The van der Waals surface area contributed by atoms with Crippen molar-refractivity contribution in [3.63, 3.8) is 0 Å². The minimum atomic E-state index is -0.0631. The lowest BCUT2D eigenvalue weighted by Gasteiger charge is -2.29. The van der Waals surface area contributed by atoms with Crippen molar-refractivity contribution in [3.05, 3.63) is 83.7 Å². The van der Waals surface area contributed by atoms with Gasteiger partial charge in [-0.2, -0.15) is 5.26 Å². The number of nitrogens with one attached hydrogen (secondary N) is 1. The number of rotatable bonds is 3. The zero-order valence-electron chi connectivity index (χ0n) is 14.7. The summed E-state index contributed by atoms with van der Waals surface area (Å²) in [4.78, 5) is 19.1. The van der Waals surface area contributed by atoms with Crippen LogP contribution in [0.1, 0.15) is 27.9 Å². The molecule has 0 bridgehead atoms. The van der Waals surface area contributed by atoms with E-state index in [4.69, 9.17) is 0 Å². The monoisotopic (exact) mass is 354 g/mol. The SMILES string of the molecule is N#Cc1ccccc1Nc1cncc(C(=O)N2CCCc3ccccc32)c1. The molecule has 132 valence electrons. The molecule has 1 aliphatic heterocycles. The smallest absolute Gasteiger partial charge is 0.259 e. The van der Waals surface area contributed by atoms with Crippen LogP contribution in [-0.4, -0.2) is 17.4 Å². The summed E-state index contributed by atoms with van der Waals surface area (Å²) in [6, 6.07) is 19.2. The molecule has 3 aromatic rings. The Hall–Kier alpha value is -3.65. The molecule has 0 radical (unpaired) electrons. The lowest BCUT2D eigenvalue weighted by Crippen LogP contribution is -2.35. The van der Waals surface area contributed by atoms with Gasteiger partial charge in [0.25, 0.3) is 5.91 Å². The summed E-state index contributed by atoms with van der Waals surface area (Å²) in [6.45, 7) is 0.699. The van der Waals surface area contributed by atoms with E-state index < -0.39 is 0 Å².